The lowest BCUT2D eigenvalue weighted by Crippen LogP contribution is -2.19. The third-order valence-electron chi connectivity index (χ3n) is 3.36. The quantitative estimate of drug-likeness (QED) is 0.873. The minimum atomic E-state index is -4.19. The van der Waals surface area contributed by atoms with Crippen molar-refractivity contribution in [2.24, 2.45) is 0 Å². The summed E-state index contributed by atoms with van der Waals surface area (Å²) in [7, 11) is -4.19. The number of aryl methyl sites for hydroxylation is 1. The summed E-state index contributed by atoms with van der Waals surface area (Å²) in [6.45, 7) is 0. The van der Waals surface area contributed by atoms with Gasteiger partial charge in [0.1, 0.15) is 10.6 Å². The topological polar surface area (TPSA) is 72.5 Å². The smallest absolute Gasteiger partial charge is 0.339 e. The van der Waals surface area contributed by atoms with Crippen LogP contribution in [-0.4, -0.2) is 14.3 Å². The molecule has 0 radical (unpaired) electrons. The average Bonchev–Trinajstić information content (AvgIpc) is 2.50. The average molecular weight is 339 g/mol. The second-order valence-corrected chi connectivity index (χ2v) is 6.53. The fraction of sp³-hybridized carbons (Fsp3) is 0.133. The zero-order valence-electron chi connectivity index (χ0n) is 11.7. The number of amides is 1. The number of nitrogens with one attached hydrogen (secondary N) is 1. The molecule has 0 bridgehead atoms. The first-order valence-corrected chi connectivity index (χ1v) is 8.08. The highest BCUT2D eigenvalue weighted by molar-refractivity contribution is 7.87. The van der Waals surface area contributed by atoms with Gasteiger partial charge in [-0.3, -0.25) is 4.79 Å². The predicted octanol–water partition coefficient (Wildman–Crippen LogP) is 2.62. The third-order valence-corrected chi connectivity index (χ3v) is 4.60. The van der Waals surface area contributed by atoms with Crippen LogP contribution in [0.4, 0.5) is 14.5 Å². The molecule has 0 spiro atoms. The fourth-order valence-corrected chi connectivity index (χ4v) is 3.19. The summed E-state index contributed by atoms with van der Waals surface area (Å²) < 4.78 is 55.2. The van der Waals surface area contributed by atoms with Crippen LogP contribution < -0.4 is 9.50 Å². The van der Waals surface area contributed by atoms with Gasteiger partial charge in [0.05, 0.1) is 0 Å². The highest BCUT2D eigenvalue weighted by atomic mass is 32.2. The second kappa shape index (κ2) is 5.62. The minimum absolute atomic E-state index is 0.128. The van der Waals surface area contributed by atoms with Crippen LogP contribution in [0.15, 0.2) is 41.3 Å². The van der Waals surface area contributed by atoms with Gasteiger partial charge in [-0.25, -0.2) is 8.78 Å². The van der Waals surface area contributed by atoms with Crippen LogP contribution in [-0.2, 0) is 21.3 Å². The SMILES string of the molecule is O=C1CCc2cc(S(=O)(=O)Oc3ccc(F)c(F)c3)ccc2N1. The number of halogens is 2. The molecule has 1 N–H and O–H groups in total. The summed E-state index contributed by atoms with van der Waals surface area (Å²) in [5.74, 6) is -2.76. The Bertz CT molecular complexity index is 896. The molecule has 3 rings (SSSR count). The Morgan fingerprint density at radius 1 is 1.00 bits per heavy atom. The van der Waals surface area contributed by atoms with E-state index in [2.05, 4.69) is 5.32 Å². The zero-order valence-corrected chi connectivity index (χ0v) is 12.5. The molecular weight excluding hydrogens is 328 g/mol. The maximum Gasteiger partial charge on any atom is 0.339 e. The van der Waals surface area contributed by atoms with E-state index in [9.17, 15) is 22.0 Å². The molecule has 0 saturated carbocycles. The van der Waals surface area contributed by atoms with Crippen molar-refractivity contribution in [3.8, 4) is 5.75 Å². The highest BCUT2D eigenvalue weighted by Crippen LogP contribution is 2.27. The van der Waals surface area contributed by atoms with Gasteiger partial charge in [0.2, 0.25) is 5.91 Å². The molecule has 1 amide bonds. The van der Waals surface area contributed by atoms with Crippen LogP contribution in [0, 0.1) is 11.6 Å². The summed E-state index contributed by atoms with van der Waals surface area (Å²) in [5, 5.41) is 2.64. The molecular formula is C15H11F2NO4S. The van der Waals surface area contributed by atoms with E-state index in [1.165, 1.54) is 18.2 Å². The molecule has 0 atom stereocenters. The van der Waals surface area contributed by atoms with Crippen LogP contribution in [0.3, 0.4) is 0 Å². The summed E-state index contributed by atoms with van der Waals surface area (Å²) in [4.78, 5) is 11.2. The molecule has 2 aromatic rings. The van der Waals surface area contributed by atoms with Gasteiger partial charge in [0, 0.05) is 18.2 Å². The van der Waals surface area contributed by atoms with Crippen molar-refractivity contribution >= 4 is 21.7 Å². The van der Waals surface area contributed by atoms with Crippen molar-refractivity contribution in [2.75, 3.05) is 5.32 Å². The molecule has 120 valence electrons. The van der Waals surface area contributed by atoms with Gasteiger partial charge in [0.25, 0.3) is 0 Å². The summed E-state index contributed by atoms with van der Waals surface area (Å²) in [6, 6.07) is 6.60. The van der Waals surface area contributed by atoms with Crippen LogP contribution in [0.2, 0.25) is 0 Å². The molecule has 0 aliphatic carbocycles. The van der Waals surface area contributed by atoms with Crippen LogP contribution in [0.1, 0.15) is 12.0 Å². The van der Waals surface area contributed by atoms with Crippen LogP contribution in [0.25, 0.3) is 0 Å². The first kappa shape index (κ1) is 15.4. The third kappa shape index (κ3) is 3.16. The standard InChI is InChI=1S/C15H11F2NO4S/c16-12-4-2-10(8-13(12)17)22-23(20,21)11-3-5-14-9(7-11)1-6-15(19)18-14/h2-5,7-8H,1,6H2,(H,18,19). The maximum atomic E-state index is 13.1. The number of hydrogen-bond donors (Lipinski definition) is 1. The number of anilines is 1. The van der Waals surface area contributed by atoms with Crippen LogP contribution >= 0.6 is 0 Å². The lowest BCUT2D eigenvalue weighted by Gasteiger charge is -2.17. The fourth-order valence-electron chi connectivity index (χ4n) is 2.22. The lowest BCUT2D eigenvalue weighted by molar-refractivity contribution is -0.116. The Hall–Kier alpha value is -2.48. The van der Waals surface area contributed by atoms with Gasteiger partial charge in [-0.2, -0.15) is 8.42 Å². The molecule has 1 aliphatic rings. The molecule has 1 aliphatic heterocycles. The van der Waals surface area contributed by atoms with E-state index < -0.39 is 21.8 Å². The van der Waals surface area contributed by atoms with Crippen molar-refractivity contribution in [3.63, 3.8) is 0 Å². The predicted molar refractivity (Wildman–Crippen MR) is 77.6 cm³/mol. The van der Waals surface area contributed by atoms with E-state index in [0.717, 1.165) is 12.1 Å². The number of carbonyl (C=O) groups is 1. The number of benzene rings is 2. The lowest BCUT2D eigenvalue weighted by atomic mass is 10.0. The van der Waals surface area contributed by atoms with Crippen molar-refractivity contribution in [2.45, 2.75) is 17.7 Å². The highest BCUT2D eigenvalue weighted by Gasteiger charge is 2.22. The Kier molecular flexibility index (Phi) is 3.77. The number of hydrogen-bond acceptors (Lipinski definition) is 4. The largest absolute Gasteiger partial charge is 0.379 e. The number of fused-ring (bicyclic) bond motifs is 1. The Balaban J connectivity index is 1.90. The molecule has 1 heterocycles. The molecule has 2 aromatic carbocycles. The van der Waals surface area contributed by atoms with Crippen LogP contribution in [0.5, 0.6) is 5.75 Å². The van der Waals surface area contributed by atoms with E-state index in [1.807, 2.05) is 0 Å². The normalized spacial score (nSPS) is 14.1. The Morgan fingerprint density at radius 3 is 2.52 bits per heavy atom. The maximum absolute atomic E-state index is 13.1. The Labute approximate surface area is 131 Å². The first-order valence-electron chi connectivity index (χ1n) is 6.67. The molecule has 8 heteroatoms. The monoisotopic (exact) mass is 339 g/mol. The summed E-state index contributed by atoms with van der Waals surface area (Å²) >= 11 is 0. The van der Waals surface area contributed by atoms with Crippen molar-refractivity contribution < 1.29 is 26.2 Å². The summed E-state index contributed by atoms with van der Waals surface area (Å²) in [5.41, 5.74) is 1.22. The number of rotatable bonds is 3. The van der Waals surface area contributed by atoms with E-state index in [4.69, 9.17) is 4.18 Å². The summed E-state index contributed by atoms with van der Waals surface area (Å²) in [6.07, 6.45) is 0.677. The second-order valence-electron chi connectivity index (χ2n) is 4.98. The van der Waals surface area contributed by atoms with Gasteiger partial charge in [-0.05, 0) is 42.3 Å². The number of carbonyl (C=O) groups excluding carboxylic acids is 1. The van der Waals surface area contributed by atoms with Crippen molar-refractivity contribution in [1.82, 2.24) is 0 Å². The molecule has 23 heavy (non-hydrogen) atoms. The van der Waals surface area contributed by atoms with E-state index in [1.54, 1.807) is 0 Å². The van der Waals surface area contributed by atoms with E-state index in [-0.39, 0.29) is 23.0 Å². The van der Waals surface area contributed by atoms with E-state index in [0.29, 0.717) is 23.7 Å². The van der Waals surface area contributed by atoms with Gasteiger partial charge < -0.3 is 9.50 Å². The molecule has 0 saturated heterocycles. The van der Waals surface area contributed by atoms with E-state index >= 15 is 0 Å². The zero-order chi connectivity index (χ0) is 16.6. The van der Waals surface area contributed by atoms with Gasteiger partial charge in [-0.1, -0.05) is 0 Å². The van der Waals surface area contributed by atoms with Crippen molar-refractivity contribution in [1.29, 1.82) is 0 Å². The minimum Gasteiger partial charge on any atom is -0.379 e. The first-order chi connectivity index (χ1) is 10.8. The molecule has 0 unspecified atom stereocenters. The van der Waals surface area contributed by atoms with Gasteiger partial charge in [-0.15, -0.1) is 0 Å². The molecule has 5 nitrogen and oxygen atoms in total. The van der Waals surface area contributed by atoms with Crippen molar-refractivity contribution in [3.05, 3.63) is 53.6 Å². The molecule has 0 aromatic heterocycles. The Morgan fingerprint density at radius 2 is 1.78 bits per heavy atom. The van der Waals surface area contributed by atoms with Gasteiger partial charge in [0.15, 0.2) is 11.6 Å². The molecule has 0 fully saturated rings. The van der Waals surface area contributed by atoms with Gasteiger partial charge >= 0.3 is 10.1 Å².